The summed E-state index contributed by atoms with van der Waals surface area (Å²) in [5.74, 6) is 0. The van der Waals surface area contributed by atoms with Gasteiger partial charge in [0.2, 0.25) is 0 Å². The van der Waals surface area contributed by atoms with E-state index in [1.807, 2.05) is 29.1 Å². The molecule has 0 aliphatic heterocycles. The Kier molecular flexibility index (Phi) is 11.8. The minimum atomic E-state index is 0.539. The molecule has 3 heteroatoms. The highest BCUT2D eigenvalue weighted by Crippen LogP contribution is 2.35. The van der Waals surface area contributed by atoms with E-state index in [0.29, 0.717) is 5.25 Å². The number of hydrogen-bond donors (Lipinski definition) is 0. The molecule has 0 fully saturated rings. The number of hydrogen-bond acceptors (Lipinski definition) is 3. The first-order valence-corrected chi connectivity index (χ1v) is 10.4. The number of rotatable bonds is 13. The second kappa shape index (κ2) is 13.3. The lowest BCUT2D eigenvalue weighted by molar-refractivity contribution is 0.568. The lowest BCUT2D eigenvalue weighted by Crippen LogP contribution is -1.96. The SMILES string of the molecule is C=CC(CCCCCCCCCC)SSc1ccccn1. The Morgan fingerprint density at radius 1 is 1.10 bits per heavy atom. The van der Waals surface area contributed by atoms with Crippen molar-refractivity contribution in [3.05, 3.63) is 37.1 Å². The van der Waals surface area contributed by atoms with E-state index in [1.165, 1.54) is 57.8 Å². The molecule has 0 spiro atoms. The molecule has 0 bridgehead atoms. The monoisotopic (exact) mass is 323 g/mol. The number of aromatic nitrogens is 1. The maximum Gasteiger partial charge on any atom is 0.106 e. The summed E-state index contributed by atoms with van der Waals surface area (Å²) in [6.07, 6.45) is 16.2. The van der Waals surface area contributed by atoms with Gasteiger partial charge in [-0.2, -0.15) is 0 Å². The Bertz CT molecular complexity index is 353. The zero-order valence-corrected chi connectivity index (χ0v) is 14.9. The Labute approximate surface area is 138 Å². The van der Waals surface area contributed by atoms with Crippen LogP contribution in [-0.2, 0) is 0 Å². The van der Waals surface area contributed by atoms with Gasteiger partial charge in [0, 0.05) is 11.4 Å². The molecule has 0 saturated carbocycles. The Morgan fingerprint density at radius 2 is 1.81 bits per heavy atom. The van der Waals surface area contributed by atoms with Gasteiger partial charge in [0.15, 0.2) is 0 Å². The Morgan fingerprint density at radius 3 is 2.43 bits per heavy atom. The number of pyridine rings is 1. The van der Waals surface area contributed by atoms with Gasteiger partial charge in [-0.3, -0.25) is 0 Å². The molecule has 0 aliphatic rings. The van der Waals surface area contributed by atoms with Gasteiger partial charge in [-0.05, 0) is 29.3 Å². The summed E-state index contributed by atoms with van der Waals surface area (Å²) in [5, 5.41) is 1.63. The molecule has 0 N–H and O–H groups in total. The maximum absolute atomic E-state index is 4.34. The van der Waals surface area contributed by atoms with E-state index in [-0.39, 0.29) is 0 Å². The number of unbranched alkanes of at least 4 members (excludes halogenated alkanes) is 7. The minimum absolute atomic E-state index is 0.539. The second-order valence-corrected chi connectivity index (χ2v) is 7.85. The van der Waals surface area contributed by atoms with Crippen molar-refractivity contribution < 1.29 is 0 Å². The van der Waals surface area contributed by atoms with E-state index >= 15 is 0 Å². The van der Waals surface area contributed by atoms with E-state index in [9.17, 15) is 0 Å². The molecule has 1 heterocycles. The van der Waals surface area contributed by atoms with E-state index in [0.717, 1.165) is 5.03 Å². The summed E-state index contributed by atoms with van der Waals surface area (Å²) < 4.78 is 0. The maximum atomic E-state index is 4.34. The molecule has 1 aromatic rings. The fourth-order valence-corrected chi connectivity index (χ4v) is 4.48. The van der Waals surface area contributed by atoms with Crippen LogP contribution in [0.5, 0.6) is 0 Å². The van der Waals surface area contributed by atoms with Gasteiger partial charge in [0.1, 0.15) is 5.03 Å². The number of nitrogens with zero attached hydrogens (tertiary/aromatic N) is 1. The first-order valence-electron chi connectivity index (χ1n) is 8.23. The van der Waals surface area contributed by atoms with Crippen molar-refractivity contribution in [3.8, 4) is 0 Å². The van der Waals surface area contributed by atoms with Crippen LogP contribution in [0, 0.1) is 0 Å². The average molecular weight is 324 g/mol. The summed E-state index contributed by atoms with van der Waals surface area (Å²) in [7, 11) is 3.65. The summed E-state index contributed by atoms with van der Waals surface area (Å²) in [6.45, 7) is 6.24. The van der Waals surface area contributed by atoms with Crippen LogP contribution in [0.1, 0.15) is 64.7 Å². The second-order valence-electron chi connectivity index (χ2n) is 5.39. The largest absolute Gasteiger partial charge is 0.249 e. The van der Waals surface area contributed by atoms with Crippen molar-refractivity contribution in [2.75, 3.05) is 0 Å². The highest BCUT2D eigenvalue weighted by atomic mass is 33.1. The van der Waals surface area contributed by atoms with Gasteiger partial charge in [-0.15, -0.1) is 6.58 Å². The molecule has 1 rings (SSSR count). The molecule has 0 saturated heterocycles. The van der Waals surface area contributed by atoms with Crippen molar-refractivity contribution in [1.29, 1.82) is 0 Å². The molecular weight excluding hydrogens is 294 g/mol. The van der Waals surface area contributed by atoms with Gasteiger partial charge in [-0.25, -0.2) is 4.98 Å². The van der Waals surface area contributed by atoms with Crippen LogP contribution in [0.3, 0.4) is 0 Å². The van der Waals surface area contributed by atoms with E-state index in [2.05, 4.69) is 30.6 Å². The van der Waals surface area contributed by atoms with Gasteiger partial charge < -0.3 is 0 Å². The molecule has 21 heavy (non-hydrogen) atoms. The van der Waals surface area contributed by atoms with Gasteiger partial charge in [0.05, 0.1) is 0 Å². The van der Waals surface area contributed by atoms with Crippen LogP contribution in [0.4, 0.5) is 0 Å². The van der Waals surface area contributed by atoms with Gasteiger partial charge in [-0.1, -0.05) is 81.2 Å². The van der Waals surface area contributed by atoms with Crippen LogP contribution in [-0.4, -0.2) is 10.2 Å². The average Bonchev–Trinajstić information content (AvgIpc) is 2.54. The summed E-state index contributed by atoms with van der Waals surface area (Å²) >= 11 is 0. The van der Waals surface area contributed by atoms with Crippen molar-refractivity contribution in [2.24, 2.45) is 0 Å². The smallest absolute Gasteiger partial charge is 0.106 e. The molecule has 1 atom stereocenters. The van der Waals surface area contributed by atoms with Crippen LogP contribution in [0.15, 0.2) is 42.1 Å². The van der Waals surface area contributed by atoms with E-state index in [4.69, 9.17) is 0 Å². The normalized spacial score (nSPS) is 12.2. The van der Waals surface area contributed by atoms with Crippen molar-refractivity contribution in [1.82, 2.24) is 4.98 Å². The zero-order chi connectivity index (χ0) is 15.2. The predicted octanol–water partition coefficient (Wildman–Crippen LogP) is 6.91. The third-order valence-electron chi connectivity index (χ3n) is 3.50. The molecule has 1 aromatic heterocycles. The summed E-state index contributed by atoms with van der Waals surface area (Å²) in [6, 6.07) is 6.06. The van der Waals surface area contributed by atoms with Gasteiger partial charge >= 0.3 is 0 Å². The fraction of sp³-hybridized carbons (Fsp3) is 0.611. The highest BCUT2D eigenvalue weighted by Gasteiger charge is 2.06. The molecule has 0 radical (unpaired) electrons. The molecule has 118 valence electrons. The third-order valence-corrected chi connectivity index (χ3v) is 6.23. The third kappa shape index (κ3) is 10.0. The zero-order valence-electron chi connectivity index (χ0n) is 13.3. The van der Waals surface area contributed by atoms with E-state index < -0.39 is 0 Å². The van der Waals surface area contributed by atoms with Crippen molar-refractivity contribution >= 4 is 21.6 Å². The van der Waals surface area contributed by atoms with E-state index in [1.54, 1.807) is 10.8 Å². The predicted molar refractivity (Wildman–Crippen MR) is 98.9 cm³/mol. The highest BCUT2D eigenvalue weighted by molar-refractivity contribution is 8.77. The summed E-state index contributed by atoms with van der Waals surface area (Å²) in [5.41, 5.74) is 0. The molecular formula is C18H29NS2. The lowest BCUT2D eigenvalue weighted by Gasteiger charge is -2.10. The molecule has 0 amide bonds. The molecule has 1 unspecified atom stereocenters. The first-order chi connectivity index (χ1) is 10.4. The fourth-order valence-electron chi connectivity index (χ4n) is 2.19. The van der Waals surface area contributed by atoms with Crippen molar-refractivity contribution in [2.45, 2.75) is 75.0 Å². The van der Waals surface area contributed by atoms with Gasteiger partial charge in [0.25, 0.3) is 0 Å². The van der Waals surface area contributed by atoms with Crippen LogP contribution < -0.4 is 0 Å². The Balaban J connectivity index is 2.02. The lowest BCUT2D eigenvalue weighted by atomic mass is 10.1. The molecule has 0 aliphatic carbocycles. The minimum Gasteiger partial charge on any atom is -0.249 e. The standard InChI is InChI=1S/C18H29NS2/c1-3-5-6-7-8-9-10-11-14-17(4-2)20-21-18-15-12-13-16-19-18/h4,12-13,15-17H,2-3,5-11,14H2,1H3. The quantitative estimate of drug-likeness (QED) is 0.222. The van der Waals surface area contributed by atoms with Crippen LogP contribution in [0.2, 0.25) is 0 Å². The molecule has 0 aromatic carbocycles. The van der Waals surface area contributed by atoms with Crippen LogP contribution >= 0.6 is 21.6 Å². The summed E-state index contributed by atoms with van der Waals surface area (Å²) in [4.78, 5) is 4.34. The Hall–Kier alpha value is -0.410. The van der Waals surface area contributed by atoms with Crippen molar-refractivity contribution in [3.63, 3.8) is 0 Å². The first kappa shape index (κ1) is 18.6. The van der Waals surface area contributed by atoms with Crippen LogP contribution in [0.25, 0.3) is 0 Å². The molecule has 1 nitrogen and oxygen atoms in total. The topological polar surface area (TPSA) is 12.9 Å².